The number of hydrogen-bond donors (Lipinski definition) is 2. The van der Waals surface area contributed by atoms with Gasteiger partial charge in [0.25, 0.3) is 5.91 Å². The second kappa shape index (κ2) is 7.90. The minimum absolute atomic E-state index is 0.0950. The summed E-state index contributed by atoms with van der Waals surface area (Å²) in [5, 5.41) is 2.31. The Kier molecular flexibility index (Phi) is 6.51. The Balaban J connectivity index is 2.53. The molecule has 1 rings (SSSR count). The van der Waals surface area contributed by atoms with Crippen molar-refractivity contribution in [3.63, 3.8) is 0 Å². The molecular formula is C14H20N2O5S. The molecule has 0 aliphatic rings. The monoisotopic (exact) mass is 328 g/mol. The lowest BCUT2D eigenvalue weighted by molar-refractivity contribution is -0.148. The van der Waals surface area contributed by atoms with Gasteiger partial charge in [-0.05, 0) is 25.5 Å². The van der Waals surface area contributed by atoms with Crippen LogP contribution >= 0.6 is 0 Å². The number of carbonyl (C=O) groups excluding carboxylic acids is 2. The molecule has 7 nitrogen and oxygen atoms in total. The van der Waals surface area contributed by atoms with E-state index in [1.807, 2.05) is 6.92 Å². The van der Waals surface area contributed by atoms with E-state index < -0.39 is 21.9 Å². The van der Waals surface area contributed by atoms with E-state index in [1.54, 1.807) is 19.1 Å². The Labute approximate surface area is 130 Å². The minimum Gasteiger partial charge on any atom is -0.456 e. The van der Waals surface area contributed by atoms with Gasteiger partial charge in [0, 0.05) is 13.6 Å². The molecule has 0 radical (unpaired) electrons. The van der Waals surface area contributed by atoms with E-state index in [0.717, 1.165) is 5.56 Å². The van der Waals surface area contributed by atoms with Gasteiger partial charge >= 0.3 is 5.97 Å². The zero-order valence-electron chi connectivity index (χ0n) is 12.8. The van der Waals surface area contributed by atoms with Gasteiger partial charge in [0.1, 0.15) is 0 Å². The third-order valence-electron chi connectivity index (χ3n) is 2.88. The Morgan fingerprint density at radius 1 is 1.23 bits per heavy atom. The fourth-order valence-electron chi connectivity index (χ4n) is 1.76. The SMILES string of the molecule is CNC(=O)COC(=O)CCNS(=O)(=O)c1ccc(C)cc1C. The summed E-state index contributed by atoms with van der Waals surface area (Å²) in [5.41, 5.74) is 1.60. The van der Waals surface area contributed by atoms with Crippen LogP contribution in [-0.4, -0.2) is 40.5 Å². The number of likely N-dealkylation sites (N-methyl/N-ethyl adjacent to an activating group) is 1. The predicted molar refractivity (Wildman–Crippen MR) is 80.7 cm³/mol. The standard InChI is InChI=1S/C14H20N2O5S/c1-10-4-5-12(11(2)8-10)22(19,20)16-7-6-14(18)21-9-13(17)15-3/h4-5,8,16H,6-7,9H2,1-3H3,(H,15,17). The normalized spacial score (nSPS) is 11.0. The number of rotatable bonds is 7. The molecule has 0 fully saturated rings. The lowest BCUT2D eigenvalue weighted by atomic mass is 10.2. The molecule has 0 aliphatic carbocycles. The Morgan fingerprint density at radius 3 is 2.50 bits per heavy atom. The first-order valence-corrected chi connectivity index (χ1v) is 8.17. The van der Waals surface area contributed by atoms with Crippen molar-refractivity contribution in [2.75, 3.05) is 20.2 Å². The summed E-state index contributed by atoms with van der Waals surface area (Å²) in [6.45, 7) is 3.11. The number of amides is 1. The van der Waals surface area contributed by atoms with Gasteiger partial charge in [-0.15, -0.1) is 0 Å². The molecular weight excluding hydrogens is 308 g/mol. The average Bonchev–Trinajstić information content (AvgIpc) is 2.44. The van der Waals surface area contributed by atoms with E-state index in [4.69, 9.17) is 0 Å². The Morgan fingerprint density at radius 2 is 1.91 bits per heavy atom. The summed E-state index contributed by atoms with van der Waals surface area (Å²) >= 11 is 0. The van der Waals surface area contributed by atoms with Crippen LogP contribution in [-0.2, 0) is 24.3 Å². The summed E-state index contributed by atoms with van der Waals surface area (Å²) in [6, 6.07) is 5.00. The highest BCUT2D eigenvalue weighted by Crippen LogP contribution is 2.16. The Bertz CT molecular complexity index is 655. The summed E-state index contributed by atoms with van der Waals surface area (Å²) in [7, 11) is -2.25. The second-order valence-electron chi connectivity index (χ2n) is 4.75. The number of ether oxygens (including phenoxy) is 1. The zero-order chi connectivity index (χ0) is 16.8. The van der Waals surface area contributed by atoms with Crippen LogP contribution < -0.4 is 10.0 Å². The molecule has 0 heterocycles. The van der Waals surface area contributed by atoms with Gasteiger partial charge in [-0.3, -0.25) is 9.59 Å². The van der Waals surface area contributed by atoms with Crippen molar-refractivity contribution in [3.05, 3.63) is 29.3 Å². The number of nitrogens with one attached hydrogen (secondary N) is 2. The van der Waals surface area contributed by atoms with Crippen LogP contribution in [0.25, 0.3) is 0 Å². The van der Waals surface area contributed by atoms with Crippen molar-refractivity contribution < 1.29 is 22.7 Å². The van der Waals surface area contributed by atoms with Crippen LogP contribution in [0.5, 0.6) is 0 Å². The highest BCUT2D eigenvalue weighted by molar-refractivity contribution is 7.89. The molecule has 0 bridgehead atoms. The van der Waals surface area contributed by atoms with Crippen LogP contribution in [0.3, 0.4) is 0 Å². The molecule has 1 aromatic carbocycles. The molecule has 0 unspecified atom stereocenters. The maximum atomic E-state index is 12.1. The van der Waals surface area contributed by atoms with Crippen molar-refractivity contribution in [2.45, 2.75) is 25.2 Å². The topological polar surface area (TPSA) is 102 Å². The zero-order valence-corrected chi connectivity index (χ0v) is 13.6. The van der Waals surface area contributed by atoms with E-state index in [0.29, 0.717) is 5.56 Å². The molecule has 0 aromatic heterocycles. The summed E-state index contributed by atoms with van der Waals surface area (Å²) in [6.07, 6.45) is -0.152. The third kappa shape index (κ3) is 5.45. The Hall–Kier alpha value is -1.93. The van der Waals surface area contributed by atoms with E-state index in [1.165, 1.54) is 13.1 Å². The lowest BCUT2D eigenvalue weighted by Gasteiger charge is -2.10. The van der Waals surface area contributed by atoms with E-state index in [2.05, 4.69) is 14.8 Å². The van der Waals surface area contributed by atoms with Crippen molar-refractivity contribution >= 4 is 21.9 Å². The smallest absolute Gasteiger partial charge is 0.307 e. The number of hydrogen-bond acceptors (Lipinski definition) is 5. The van der Waals surface area contributed by atoms with Gasteiger partial charge in [0.15, 0.2) is 6.61 Å². The van der Waals surface area contributed by atoms with Gasteiger partial charge < -0.3 is 10.1 Å². The average molecular weight is 328 g/mol. The molecule has 22 heavy (non-hydrogen) atoms. The van der Waals surface area contributed by atoms with Crippen molar-refractivity contribution in [3.8, 4) is 0 Å². The van der Waals surface area contributed by atoms with Crippen molar-refractivity contribution in [1.29, 1.82) is 0 Å². The molecule has 0 atom stereocenters. The number of esters is 1. The molecule has 2 N–H and O–H groups in total. The first-order valence-electron chi connectivity index (χ1n) is 6.69. The van der Waals surface area contributed by atoms with Gasteiger partial charge in [0.2, 0.25) is 10.0 Å². The third-order valence-corrected chi connectivity index (χ3v) is 4.51. The highest BCUT2D eigenvalue weighted by atomic mass is 32.2. The van der Waals surface area contributed by atoms with Crippen LogP contribution in [0.2, 0.25) is 0 Å². The largest absolute Gasteiger partial charge is 0.456 e. The molecule has 0 aliphatic heterocycles. The highest BCUT2D eigenvalue weighted by Gasteiger charge is 2.17. The van der Waals surface area contributed by atoms with E-state index >= 15 is 0 Å². The molecule has 8 heteroatoms. The molecule has 122 valence electrons. The fourth-order valence-corrected chi connectivity index (χ4v) is 3.01. The van der Waals surface area contributed by atoms with E-state index in [-0.39, 0.29) is 24.5 Å². The quantitative estimate of drug-likeness (QED) is 0.699. The summed E-state index contributed by atoms with van der Waals surface area (Å²) in [5.74, 6) is -1.07. The molecule has 1 aromatic rings. The lowest BCUT2D eigenvalue weighted by Crippen LogP contribution is -2.29. The number of carbonyl (C=O) groups is 2. The van der Waals surface area contributed by atoms with Gasteiger partial charge in [-0.2, -0.15) is 0 Å². The molecule has 0 saturated heterocycles. The second-order valence-corrected chi connectivity index (χ2v) is 6.49. The van der Waals surface area contributed by atoms with Gasteiger partial charge in [-0.1, -0.05) is 17.7 Å². The van der Waals surface area contributed by atoms with Crippen LogP contribution in [0.15, 0.2) is 23.1 Å². The summed E-state index contributed by atoms with van der Waals surface area (Å²) < 4.78 is 31.3. The van der Waals surface area contributed by atoms with Crippen LogP contribution in [0, 0.1) is 13.8 Å². The predicted octanol–water partition coefficient (Wildman–Crippen LogP) is 0.261. The summed E-state index contributed by atoms with van der Waals surface area (Å²) in [4.78, 5) is 22.4. The first kappa shape index (κ1) is 18.1. The van der Waals surface area contributed by atoms with E-state index in [9.17, 15) is 18.0 Å². The number of benzene rings is 1. The number of aryl methyl sites for hydroxylation is 2. The van der Waals surface area contributed by atoms with Crippen LogP contribution in [0.1, 0.15) is 17.5 Å². The van der Waals surface area contributed by atoms with Gasteiger partial charge in [0.05, 0.1) is 11.3 Å². The fraction of sp³-hybridized carbons (Fsp3) is 0.429. The minimum atomic E-state index is -3.68. The molecule has 0 spiro atoms. The number of sulfonamides is 1. The maximum Gasteiger partial charge on any atom is 0.307 e. The first-order chi connectivity index (χ1) is 10.3. The maximum absolute atomic E-state index is 12.1. The van der Waals surface area contributed by atoms with Crippen molar-refractivity contribution in [1.82, 2.24) is 10.0 Å². The van der Waals surface area contributed by atoms with Crippen LogP contribution in [0.4, 0.5) is 0 Å². The molecule has 1 amide bonds. The van der Waals surface area contributed by atoms with Gasteiger partial charge in [-0.25, -0.2) is 13.1 Å². The molecule has 0 saturated carbocycles. The van der Waals surface area contributed by atoms with Crippen molar-refractivity contribution in [2.24, 2.45) is 0 Å².